The van der Waals surface area contributed by atoms with Crippen molar-refractivity contribution in [1.82, 2.24) is 10.6 Å². The molecule has 3 N–H and O–H groups in total. The normalized spacial score (nSPS) is 14.5. The van der Waals surface area contributed by atoms with Gasteiger partial charge in [-0.05, 0) is 19.4 Å². The first-order valence-electron chi connectivity index (χ1n) is 7.15. The van der Waals surface area contributed by atoms with Crippen LogP contribution in [0.4, 0.5) is 0 Å². The highest BCUT2D eigenvalue weighted by Crippen LogP contribution is 2.16. The Balaban J connectivity index is 2.72. The van der Waals surface area contributed by atoms with Gasteiger partial charge in [0.2, 0.25) is 11.8 Å². The molecule has 0 spiro atoms. The molecule has 0 bridgehead atoms. The lowest BCUT2D eigenvalue weighted by Gasteiger charge is -2.21. The molecule has 0 saturated carbocycles. The molecule has 22 heavy (non-hydrogen) atoms. The van der Waals surface area contributed by atoms with E-state index in [1.54, 1.807) is 6.92 Å². The van der Waals surface area contributed by atoms with Gasteiger partial charge in [-0.2, -0.15) is 0 Å². The summed E-state index contributed by atoms with van der Waals surface area (Å²) in [5.74, 6) is -2.18. The van der Waals surface area contributed by atoms with Crippen molar-refractivity contribution in [2.24, 2.45) is 5.92 Å². The van der Waals surface area contributed by atoms with Crippen molar-refractivity contribution in [3.05, 3.63) is 35.9 Å². The van der Waals surface area contributed by atoms with Gasteiger partial charge in [0.1, 0.15) is 0 Å². The van der Waals surface area contributed by atoms with Crippen molar-refractivity contribution in [3.63, 3.8) is 0 Å². The zero-order valence-corrected chi connectivity index (χ0v) is 13.0. The number of carboxylic acid groups (broad SMARTS) is 1. The topological polar surface area (TPSA) is 95.5 Å². The minimum atomic E-state index is -0.964. The number of carbonyl (C=O) groups is 3. The lowest BCUT2D eigenvalue weighted by atomic mass is 10.0. The van der Waals surface area contributed by atoms with Crippen LogP contribution in [-0.4, -0.2) is 28.9 Å². The molecule has 6 heteroatoms. The fraction of sp³-hybridized carbons (Fsp3) is 0.438. The van der Waals surface area contributed by atoms with Crippen LogP contribution in [0.15, 0.2) is 30.3 Å². The van der Waals surface area contributed by atoms with Gasteiger partial charge in [0.25, 0.3) is 0 Å². The molecule has 0 aliphatic heterocycles. The zero-order chi connectivity index (χ0) is 16.7. The fourth-order valence-corrected chi connectivity index (χ4v) is 2.02. The smallest absolute Gasteiger partial charge is 0.308 e. The van der Waals surface area contributed by atoms with Gasteiger partial charge in [-0.1, -0.05) is 30.3 Å². The van der Waals surface area contributed by atoms with E-state index in [0.29, 0.717) is 0 Å². The molecule has 2 amide bonds. The Kier molecular flexibility index (Phi) is 6.56. The van der Waals surface area contributed by atoms with Gasteiger partial charge in [-0.25, -0.2) is 0 Å². The molecule has 0 aromatic heterocycles. The van der Waals surface area contributed by atoms with Gasteiger partial charge >= 0.3 is 5.97 Å². The van der Waals surface area contributed by atoms with Crippen molar-refractivity contribution < 1.29 is 19.5 Å². The number of hydrogen-bond acceptors (Lipinski definition) is 3. The van der Waals surface area contributed by atoms with Crippen molar-refractivity contribution in [1.29, 1.82) is 0 Å². The number of nitrogens with one attached hydrogen (secondary N) is 2. The highest BCUT2D eigenvalue weighted by Gasteiger charge is 2.23. The van der Waals surface area contributed by atoms with Crippen LogP contribution in [-0.2, 0) is 14.4 Å². The van der Waals surface area contributed by atoms with E-state index in [1.165, 1.54) is 13.8 Å². The van der Waals surface area contributed by atoms with Gasteiger partial charge < -0.3 is 15.7 Å². The number of rotatable bonds is 7. The van der Waals surface area contributed by atoms with Crippen LogP contribution in [0.2, 0.25) is 0 Å². The predicted octanol–water partition coefficient (Wildman–Crippen LogP) is 1.48. The van der Waals surface area contributed by atoms with Crippen LogP contribution in [0.1, 0.15) is 38.8 Å². The molecule has 0 aliphatic rings. The average Bonchev–Trinajstić information content (AvgIpc) is 2.45. The SMILES string of the molecule is CC(=O)NC(CC(=O)NC(C)C(C)C(=O)O)c1ccccc1. The van der Waals surface area contributed by atoms with Crippen LogP contribution in [0.3, 0.4) is 0 Å². The molecule has 0 fully saturated rings. The molecule has 0 aliphatic carbocycles. The van der Waals surface area contributed by atoms with Crippen LogP contribution in [0.25, 0.3) is 0 Å². The lowest BCUT2D eigenvalue weighted by molar-refractivity contribution is -0.142. The second kappa shape index (κ2) is 8.17. The fourth-order valence-electron chi connectivity index (χ4n) is 2.02. The Hall–Kier alpha value is -2.37. The zero-order valence-electron chi connectivity index (χ0n) is 13.0. The summed E-state index contributed by atoms with van der Waals surface area (Å²) in [5.41, 5.74) is 0.826. The first kappa shape index (κ1) is 17.7. The van der Waals surface area contributed by atoms with Crippen molar-refractivity contribution in [2.45, 2.75) is 39.3 Å². The summed E-state index contributed by atoms with van der Waals surface area (Å²) in [6.45, 7) is 4.57. The molecular weight excluding hydrogens is 284 g/mol. The molecule has 120 valence electrons. The van der Waals surface area contributed by atoms with E-state index in [2.05, 4.69) is 10.6 Å². The van der Waals surface area contributed by atoms with E-state index >= 15 is 0 Å². The minimum Gasteiger partial charge on any atom is -0.481 e. The molecular formula is C16H22N2O4. The second-order valence-electron chi connectivity index (χ2n) is 5.35. The van der Waals surface area contributed by atoms with Crippen molar-refractivity contribution in [2.75, 3.05) is 0 Å². The number of amides is 2. The molecule has 6 nitrogen and oxygen atoms in total. The molecule has 1 aromatic carbocycles. The number of carbonyl (C=O) groups excluding carboxylic acids is 2. The third-order valence-electron chi connectivity index (χ3n) is 3.50. The molecule has 0 heterocycles. The monoisotopic (exact) mass is 306 g/mol. The summed E-state index contributed by atoms with van der Waals surface area (Å²) < 4.78 is 0. The van der Waals surface area contributed by atoms with Crippen LogP contribution < -0.4 is 10.6 Å². The van der Waals surface area contributed by atoms with Gasteiger partial charge in [-0.15, -0.1) is 0 Å². The average molecular weight is 306 g/mol. The Morgan fingerprint density at radius 1 is 1.09 bits per heavy atom. The summed E-state index contributed by atoms with van der Waals surface area (Å²) in [6.07, 6.45) is 0.0558. The van der Waals surface area contributed by atoms with Crippen LogP contribution in [0.5, 0.6) is 0 Å². The first-order chi connectivity index (χ1) is 10.3. The third-order valence-corrected chi connectivity index (χ3v) is 3.50. The van der Waals surface area contributed by atoms with Gasteiger partial charge in [0.15, 0.2) is 0 Å². The molecule has 1 rings (SSSR count). The second-order valence-corrected chi connectivity index (χ2v) is 5.35. The first-order valence-corrected chi connectivity index (χ1v) is 7.15. The summed E-state index contributed by atoms with van der Waals surface area (Å²) in [4.78, 5) is 34.3. The quantitative estimate of drug-likeness (QED) is 0.711. The van der Waals surface area contributed by atoms with E-state index in [9.17, 15) is 14.4 Å². The Morgan fingerprint density at radius 3 is 2.18 bits per heavy atom. The van der Waals surface area contributed by atoms with Gasteiger partial charge in [0, 0.05) is 13.0 Å². The Bertz CT molecular complexity index is 530. The molecule has 1 aromatic rings. The van der Waals surface area contributed by atoms with E-state index in [4.69, 9.17) is 5.11 Å². The maximum absolute atomic E-state index is 12.1. The van der Waals surface area contributed by atoms with Crippen LogP contribution >= 0.6 is 0 Å². The standard InChI is InChI=1S/C16H22N2O4/c1-10(16(21)22)11(2)17-15(20)9-14(18-12(3)19)13-7-5-4-6-8-13/h4-8,10-11,14H,9H2,1-3H3,(H,17,20)(H,18,19)(H,21,22). The Morgan fingerprint density at radius 2 is 1.68 bits per heavy atom. The molecule has 0 saturated heterocycles. The summed E-state index contributed by atoms with van der Waals surface area (Å²) in [6, 6.07) is 8.25. The highest BCUT2D eigenvalue weighted by molar-refractivity contribution is 5.80. The van der Waals surface area contributed by atoms with Crippen molar-refractivity contribution >= 4 is 17.8 Å². The number of carboxylic acids is 1. The largest absolute Gasteiger partial charge is 0.481 e. The predicted molar refractivity (Wildman–Crippen MR) is 82.0 cm³/mol. The maximum atomic E-state index is 12.1. The number of aliphatic carboxylic acids is 1. The molecule has 3 unspecified atom stereocenters. The summed E-state index contributed by atoms with van der Waals surface area (Å²) in [7, 11) is 0. The Labute approximate surface area is 129 Å². The molecule has 3 atom stereocenters. The summed E-state index contributed by atoms with van der Waals surface area (Å²) >= 11 is 0. The highest BCUT2D eigenvalue weighted by atomic mass is 16.4. The number of benzene rings is 1. The van der Waals surface area contributed by atoms with Gasteiger partial charge in [-0.3, -0.25) is 14.4 Å². The van der Waals surface area contributed by atoms with Crippen LogP contribution in [0, 0.1) is 5.92 Å². The van der Waals surface area contributed by atoms with E-state index in [-0.39, 0.29) is 18.2 Å². The lowest BCUT2D eigenvalue weighted by Crippen LogP contribution is -2.41. The van der Waals surface area contributed by atoms with E-state index in [0.717, 1.165) is 5.56 Å². The maximum Gasteiger partial charge on any atom is 0.308 e. The van der Waals surface area contributed by atoms with Crippen molar-refractivity contribution in [3.8, 4) is 0 Å². The van der Waals surface area contributed by atoms with E-state index in [1.807, 2.05) is 30.3 Å². The van der Waals surface area contributed by atoms with Gasteiger partial charge in [0.05, 0.1) is 18.4 Å². The minimum absolute atomic E-state index is 0.0558. The summed E-state index contributed by atoms with van der Waals surface area (Å²) in [5, 5.41) is 14.3. The van der Waals surface area contributed by atoms with E-state index < -0.39 is 24.0 Å². The number of hydrogen-bond donors (Lipinski definition) is 3. The third kappa shape index (κ3) is 5.55. The molecule has 0 radical (unpaired) electrons.